The molecule has 0 saturated carbocycles. The number of rotatable bonds is 2. The van der Waals surface area contributed by atoms with Crippen LogP contribution in [0.15, 0.2) is 54.9 Å². The van der Waals surface area contributed by atoms with Gasteiger partial charge in [0, 0.05) is 36.6 Å². The van der Waals surface area contributed by atoms with Crippen molar-refractivity contribution >= 4 is 16.8 Å². The predicted octanol–water partition coefficient (Wildman–Crippen LogP) is 3.26. The molecule has 110 valence electrons. The molecule has 4 nitrogen and oxygen atoms in total. The number of carbonyl (C=O) groups excluding carboxylic acids is 1. The zero-order valence-electron chi connectivity index (χ0n) is 12.3. The first-order chi connectivity index (χ1) is 10.8. The highest BCUT2D eigenvalue weighted by atomic mass is 16.2. The average molecular weight is 291 g/mol. The summed E-state index contributed by atoms with van der Waals surface area (Å²) in [4.78, 5) is 18.9. The fraction of sp³-hybridized carbons (Fsp3) is 0.222. The summed E-state index contributed by atoms with van der Waals surface area (Å²) in [5.74, 6) is 0.116. The first-order valence-electron chi connectivity index (χ1n) is 7.65. The van der Waals surface area contributed by atoms with Gasteiger partial charge in [-0.3, -0.25) is 9.78 Å². The number of likely N-dealkylation sites (tertiary alicyclic amines) is 1. The van der Waals surface area contributed by atoms with Crippen molar-refractivity contribution in [2.24, 2.45) is 0 Å². The van der Waals surface area contributed by atoms with Gasteiger partial charge >= 0.3 is 0 Å². The maximum Gasteiger partial charge on any atom is 0.270 e. The molecule has 22 heavy (non-hydrogen) atoms. The molecule has 0 aliphatic carbocycles. The van der Waals surface area contributed by atoms with Crippen LogP contribution in [-0.4, -0.2) is 33.4 Å². The molecule has 1 amide bonds. The Bertz CT molecular complexity index is 817. The third-order valence-electron chi connectivity index (χ3n) is 4.24. The van der Waals surface area contributed by atoms with Gasteiger partial charge in [-0.2, -0.15) is 0 Å². The number of hydrogen-bond acceptors (Lipinski definition) is 2. The molecule has 0 bridgehead atoms. The summed E-state index contributed by atoms with van der Waals surface area (Å²) in [6.45, 7) is 1.72. The molecular formula is C18H17N3O. The van der Waals surface area contributed by atoms with Crippen LogP contribution in [0.4, 0.5) is 0 Å². The van der Waals surface area contributed by atoms with Crippen LogP contribution in [0.3, 0.4) is 0 Å². The van der Waals surface area contributed by atoms with E-state index in [4.69, 9.17) is 0 Å². The number of nitrogens with zero attached hydrogens (tertiary/aromatic N) is 3. The Morgan fingerprint density at radius 3 is 2.50 bits per heavy atom. The normalized spacial score (nSPS) is 14.6. The maximum atomic E-state index is 12.9. The third kappa shape index (κ3) is 2.08. The molecule has 3 heterocycles. The Kier molecular flexibility index (Phi) is 3.15. The largest absolute Gasteiger partial charge is 0.337 e. The van der Waals surface area contributed by atoms with Gasteiger partial charge in [0.15, 0.2) is 0 Å². The van der Waals surface area contributed by atoms with Crippen molar-refractivity contribution in [3.63, 3.8) is 0 Å². The predicted molar refractivity (Wildman–Crippen MR) is 86.2 cm³/mol. The van der Waals surface area contributed by atoms with Gasteiger partial charge < -0.3 is 9.47 Å². The summed E-state index contributed by atoms with van der Waals surface area (Å²) >= 11 is 0. The third-order valence-corrected chi connectivity index (χ3v) is 4.24. The molecule has 1 fully saturated rings. The lowest BCUT2D eigenvalue weighted by Crippen LogP contribution is -2.29. The van der Waals surface area contributed by atoms with E-state index < -0.39 is 0 Å². The van der Waals surface area contributed by atoms with E-state index in [2.05, 4.69) is 11.1 Å². The van der Waals surface area contributed by atoms with Crippen molar-refractivity contribution < 1.29 is 4.79 Å². The minimum absolute atomic E-state index is 0.116. The molecule has 1 saturated heterocycles. The van der Waals surface area contributed by atoms with Gasteiger partial charge in [0.25, 0.3) is 5.91 Å². The van der Waals surface area contributed by atoms with E-state index in [1.54, 1.807) is 12.4 Å². The zero-order chi connectivity index (χ0) is 14.9. The smallest absolute Gasteiger partial charge is 0.270 e. The molecule has 1 aromatic carbocycles. The van der Waals surface area contributed by atoms with E-state index in [-0.39, 0.29) is 5.91 Å². The van der Waals surface area contributed by atoms with E-state index in [9.17, 15) is 4.79 Å². The van der Waals surface area contributed by atoms with Gasteiger partial charge in [-0.1, -0.05) is 18.2 Å². The van der Waals surface area contributed by atoms with Gasteiger partial charge in [0.05, 0.1) is 5.52 Å². The second-order valence-electron chi connectivity index (χ2n) is 5.63. The van der Waals surface area contributed by atoms with Crippen LogP contribution >= 0.6 is 0 Å². The number of aromatic nitrogens is 2. The van der Waals surface area contributed by atoms with Gasteiger partial charge in [0.1, 0.15) is 5.69 Å². The molecule has 0 unspecified atom stereocenters. The van der Waals surface area contributed by atoms with E-state index in [1.807, 2.05) is 45.9 Å². The summed E-state index contributed by atoms with van der Waals surface area (Å²) < 4.78 is 2.04. The summed E-state index contributed by atoms with van der Waals surface area (Å²) in [5, 5.41) is 1.09. The molecular weight excluding hydrogens is 274 g/mol. The van der Waals surface area contributed by atoms with E-state index in [0.717, 1.165) is 48.2 Å². The van der Waals surface area contributed by atoms with Gasteiger partial charge in [0.2, 0.25) is 0 Å². The van der Waals surface area contributed by atoms with Crippen molar-refractivity contribution in [2.75, 3.05) is 13.1 Å². The van der Waals surface area contributed by atoms with Crippen LogP contribution in [-0.2, 0) is 0 Å². The number of hydrogen-bond donors (Lipinski definition) is 0. The minimum atomic E-state index is 0.116. The molecule has 2 aromatic heterocycles. The lowest BCUT2D eigenvalue weighted by Gasteiger charge is -2.17. The quantitative estimate of drug-likeness (QED) is 0.727. The fourth-order valence-electron chi connectivity index (χ4n) is 3.17. The van der Waals surface area contributed by atoms with Crippen molar-refractivity contribution in [3.8, 4) is 5.69 Å². The summed E-state index contributed by atoms with van der Waals surface area (Å²) in [5.41, 5.74) is 2.75. The van der Waals surface area contributed by atoms with E-state index >= 15 is 0 Å². The number of fused-ring (bicyclic) bond motifs is 1. The summed E-state index contributed by atoms with van der Waals surface area (Å²) in [6, 6.07) is 14.0. The Balaban J connectivity index is 1.92. The highest BCUT2D eigenvalue weighted by molar-refractivity contribution is 6.00. The van der Waals surface area contributed by atoms with Gasteiger partial charge in [-0.25, -0.2) is 0 Å². The molecule has 4 rings (SSSR count). The Morgan fingerprint density at radius 1 is 1.00 bits per heavy atom. The highest BCUT2D eigenvalue weighted by Gasteiger charge is 2.24. The second kappa shape index (κ2) is 5.30. The molecule has 1 aliphatic rings. The number of para-hydroxylation sites is 1. The molecule has 0 N–H and O–H groups in total. The molecule has 1 aliphatic heterocycles. The van der Waals surface area contributed by atoms with Crippen LogP contribution < -0.4 is 0 Å². The number of carbonyl (C=O) groups is 1. The molecule has 4 heteroatoms. The van der Waals surface area contributed by atoms with Crippen LogP contribution in [0.2, 0.25) is 0 Å². The summed E-state index contributed by atoms with van der Waals surface area (Å²) in [7, 11) is 0. The van der Waals surface area contributed by atoms with E-state index in [1.165, 1.54) is 0 Å². The van der Waals surface area contributed by atoms with Crippen LogP contribution in [0.5, 0.6) is 0 Å². The Morgan fingerprint density at radius 2 is 1.73 bits per heavy atom. The second-order valence-corrected chi connectivity index (χ2v) is 5.63. The van der Waals surface area contributed by atoms with Crippen molar-refractivity contribution in [3.05, 3.63) is 60.6 Å². The van der Waals surface area contributed by atoms with Crippen molar-refractivity contribution in [2.45, 2.75) is 12.8 Å². The molecule has 0 spiro atoms. The monoisotopic (exact) mass is 291 g/mol. The minimum Gasteiger partial charge on any atom is -0.337 e. The summed E-state index contributed by atoms with van der Waals surface area (Å²) in [6.07, 6.45) is 5.71. The number of amides is 1. The highest BCUT2D eigenvalue weighted by Crippen LogP contribution is 2.26. The maximum absolute atomic E-state index is 12.9. The van der Waals surface area contributed by atoms with Gasteiger partial charge in [-0.15, -0.1) is 0 Å². The van der Waals surface area contributed by atoms with E-state index in [0.29, 0.717) is 0 Å². The van der Waals surface area contributed by atoms with Gasteiger partial charge in [-0.05, 0) is 37.1 Å². The van der Waals surface area contributed by atoms with Crippen molar-refractivity contribution in [1.29, 1.82) is 0 Å². The molecule has 0 atom stereocenters. The van der Waals surface area contributed by atoms with Crippen LogP contribution in [0, 0.1) is 0 Å². The average Bonchev–Trinajstić information content (AvgIpc) is 3.22. The first-order valence-corrected chi connectivity index (χ1v) is 7.65. The lowest BCUT2D eigenvalue weighted by molar-refractivity contribution is 0.0785. The standard InChI is InChI=1S/C18H17N3O/c22-18(20-11-3-4-12-20)17-13-14-5-1-2-6-16(14)21(17)15-7-9-19-10-8-15/h1-2,5-10,13H,3-4,11-12H2. The Hall–Kier alpha value is -2.62. The lowest BCUT2D eigenvalue weighted by atomic mass is 10.2. The SMILES string of the molecule is O=C(c1cc2ccccc2n1-c1ccncc1)N1CCCC1. The topological polar surface area (TPSA) is 38.1 Å². The fourth-order valence-corrected chi connectivity index (χ4v) is 3.17. The van der Waals surface area contributed by atoms with Crippen LogP contribution in [0.25, 0.3) is 16.6 Å². The number of benzene rings is 1. The molecule has 3 aromatic rings. The zero-order valence-corrected chi connectivity index (χ0v) is 12.3. The number of pyridine rings is 1. The molecule has 0 radical (unpaired) electrons. The Labute approximate surface area is 129 Å². The first kappa shape index (κ1) is 13.1. The van der Waals surface area contributed by atoms with Crippen molar-refractivity contribution in [1.82, 2.24) is 14.5 Å². The van der Waals surface area contributed by atoms with Crippen LogP contribution in [0.1, 0.15) is 23.3 Å².